The molecular formula is C10H11NO2. The quantitative estimate of drug-likeness (QED) is 0.645. The molecule has 1 heterocycles. The van der Waals surface area contributed by atoms with Crippen molar-refractivity contribution in [3.8, 4) is 0 Å². The molecule has 3 nitrogen and oxygen atoms in total. The largest absolute Gasteiger partial charge is 0.345 e. The van der Waals surface area contributed by atoms with Gasteiger partial charge >= 0.3 is 0 Å². The van der Waals surface area contributed by atoms with Gasteiger partial charge in [-0.3, -0.25) is 4.99 Å². The first-order valence-corrected chi connectivity index (χ1v) is 4.07. The lowest BCUT2D eigenvalue weighted by atomic mass is 10.1. The van der Waals surface area contributed by atoms with Crippen LogP contribution in [0.4, 0.5) is 5.69 Å². The Kier molecular flexibility index (Phi) is 1.90. The topological polar surface area (TPSA) is 30.8 Å². The van der Waals surface area contributed by atoms with E-state index in [9.17, 15) is 0 Å². The fourth-order valence-corrected chi connectivity index (χ4v) is 1.51. The van der Waals surface area contributed by atoms with Crippen LogP contribution in [-0.4, -0.2) is 20.4 Å². The van der Waals surface area contributed by atoms with Gasteiger partial charge in [-0.05, 0) is 6.07 Å². The third-order valence-electron chi connectivity index (χ3n) is 2.26. The van der Waals surface area contributed by atoms with E-state index in [-0.39, 0.29) is 0 Å². The van der Waals surface area contributed by atoms with Crippen molar-refractivity contribution in [3.05, 3.63) is 29.8 Å². The molecule has 2 rings (SSSR count). The van der Waals surface area contributed by atoms with Crippen LogP contribution in [0.15, 0.2) is 29.3 Å². The Hall–Kier alpha value is -1.19. The molecule has 1 aromatic rings. The van der Waals surface area contributed by atoms with Crippen molar-refractivity contribution in [3.63, 3.8) is 0 Å². The van der Waals surface area contributed by atoms with E-state index in [4.69, 9.17) is 9.47 Å². The van der Waals surface area contributed by atoms with Gasteiger partial charge in [0, 0.05) is 19.8 Å². The summed E-state index contributed by atoms with van der Waals surface area (Å²) in [4.78, 5) is 4.22. The third-order valence-corrected chi connectivity index (χ3v) is 2.26. The van der Waals surface area contributed by atoms with Gasteiger partial charge < -0.3 is 9.47 Å². The number of para-hydroxylation sites is 1. The number of benzene rings is 1. The number of nitrogens with zero attached hydrogens (tertiary/aromatic N) is 1. The maximum atomic E-state index is 5.30. The number of hydrogen-bond donors (Lipinski definition) is 0. The molecule has 0 aliphatic carbocycles. The van der Waals surface area contributed by atoms with E-state index in [0.29, 0.717) is 0 Å². The van der Waals surface area contributed by atoms with E-state index >= 15 is 0 Å². The van der Waals surface area contributed by atoms with Gasteiger partial charge in [0.05, 0.1) is 11.9 Å². The van der Waals surface area contributed by atoms with E-state index in [2.05, 4.69) is 4.99 Å². The summed E-state index contributed by atoms with van der Waals surface area (Å²) in [7, 11) is 3.22. The molecule has 3 heteroatoms. The van der Waals surface area contributed by atoms with Gasteiger partial charge in [-0.1, -0.05) is 18.2 Å². The van der Waals surface area contributed by atoms with Crippen LogP contribution in [0.5, 0.6) is 0 Å². The highest BCUT2D eigenvalue weighted by atomic mass is 16.7. The van der Waals surface area contributed by atoms with Crippen molar-refractivity contribution in [2.75, 3.05) is 14.2 Å². The highest BCUT2D eigenvalue weighted by Gasteiger charge is 2.36. The molecule has 0 unspecified atom stereocenters. The van der Waals surface area contributed by atoms with E-state index < -0.39 is 5.79 Å². The van der Waals surface area contributed by atoms with Crippen LogP contribution in [0.3, 0.4) is 0 Å². The second-order valence-electron chi connectivity index (χ2n) is 2.85. The molecule has 0 aromatic heterocycles. The average Bonchev–Trinajstić information content (AvgIpc) is 2.58. The molecule has 0 bridgehead atoms. The van der Waals surface area contributed by atoms with E-state index in [1.165, 1.54) is 0 Å². The van der Waals surface area contributed by atoms with Crippen molar-refractivity contribution in [2.24, 2.45) is 4.99 Å². The summed E-state index contributed by atoms with van der Waals surface area (Å²) in [5, 5.41) is 0. The second kappa shape index (κ2) is 2.94. The molecule has 0 saturated heterocycles. The predicted molar refractivity (Wildman–Crippen MR) is 50.3 cm³/mol. The summed E-state index contributed by atoms with van der Waals surface area (Å²) in [5.74, 6) is -0.781. The number of methoxy groups -OCH3 is 2. The summed E-state index contributed by atoms with van der Waals surface area (Å²) in [5.41, 5.74) is 1.87. The van der Waals surface area contributed by atoms with Crippen molar-refractivity contribution in [2.45, 2.75) is 5.79 Å². The third kappa shape index (κ3) is 1.08. The summed E-state index contributed by atoms with van der Waals surface area (Å²) in [6, 6.07) is 7.78. The second-order valence-corrected chi connectivity index (χ2v) is 2.85. The van der Waals surface area contributed by atoms with E-state index in [1.54, 1.807) is 20.4 Å². The molecule has 0 atom stereocenters. The van der Waals surface area contributed by atoms with Gasteiger partial charge in [0.15, 0.2) is 0 Å². The first kappa shape index (κ1) is 8.41. The SMILES string of the molecule is COC1(OC)C=Nc2ccccc21. The lowest BCUT2D eigenvalue weighted by Gasteiger charge is -2.23. The van der Waals surface area contributed by atoms with Crippen LogP contribution in [0.2, 0.25) is 0 Å². The van der Waals surface area contributed by atoms with Gasteiger partial charge in [-0.2, -0.15) is 0 Å². The molecule has 1 aliphatic rings. The van der Waals surface area contributed by atoms with Crippen molar-refractivity contribution in [1.29, 1.82) is 0 Å². The van der Waals surface area contributed by atoms with Gasteiger partial charge in [-0.25, -0.2) is 0 Å². The Morgan fingerprint density at radius 1 is 1.15 bits per heavy atom. The van der Waals surface area contributed by atoms with Crippen LogP contribution in [0.25, 0.3) is 0 Å². The number of aliphatic imine (C=N–C) groups is 1. The fraction of sp³-hybridized carbons (Fsp3) is 0.300. The summed E-state index contributed by atoms with van der Waals surface area (Å²) in [6.45, 7) is 0. The van der Waals surface area contributed by atoms with Crippen LogP contribution in [0.1, 0.15) is 5.56 Å². The molecule has 0 saturated carbocycles. The first-order chi connectivity index (χ1) is 6.32. The van der Waals surface area contributed by atoms with Crippen LogP contribution < -0.4 is 0 Å². The molecule has 1 aromatic carbocycles. The molecule has 0 fully saturated rings. The minimum absolute atomic E-state index is 0.781. The monoisotopic (exact) mass is 177 g/mol. The maximum Gasteiger partial charge on any atom is 0.234 e. The molecule has 0 N–H and O–H groups in total. The Balaban J connectivity index is 2.53. The predicted octanol–water partition coefficient (Wildman–Crippen LogP) is 1.85. The van der Waals surface area contributed by atoms with Gasteiger partial charge in [0.25, 0.3) is 0 Å². The zero-order chi connectivity index (χ0) is 9.31. The Bertz CT molecular complexity index is 343. The Labute approximate surface area is 77.0 Å². The summed E-state index contributed by atoms with van der Waals surface area (Å²) < 4.78 is 10.6. The number of rotatable bonds is 2. The van der Waals surface area contributed by atoms with E-state index in [1.807, 2.05) is 24.3 Å². The Morgan fingerprint density at radius 2 is 1.85 bits per heavy atom. The standard InChI is InChI=1S/C10H11NO2/c1-12-10(13-2)7-11-9-6-4-3-5-8(9)10/h3-7H,1-2H3. The lowest BCUT2D eigenvalue weighted by molar-refractivity contribution is -0.154. The number of hydrogen-bond acceptors (Lipinski definition) is 3. The smallest absolute Gasteiger partial charge is 0.234 e. The summed E-state index contributed by atoms with van der Waals surface area (Å²) in [6.07, 6.45) is 1.68. The molecule has 68 valence electrons. The molecular weight excluding hydrogens is 166 g/mol. The summed E-state index contributed by atoms with van der Waals surface area (Å²) >= 11 is 0. The maximum absolute atomic E-state index is 5.30. The molecule has 0 spiro atoms. The zero-order valence-electron chi connectivity index (χ0n) is 7.65. The first-order valence-electron chi connectivity index (χ1n) is 4.07. The number of ether oxygens (including phenoxy) is 2. The highest BCUT2D eigenvalue weighted by Crippen LogP contribution is 2.37. The Morgan fingerprint density at radius 3 is 2.54 bits per heavy atom. The van der Waals surface area contributed by atoms with Crippen LogP contribution >= 0.6 is 0 Å². The van der Waals surface area contributed by atoms with Crippen molar-refractivity contribution < 1.29 is 9.47 Å². The number of fused-ring (bicyclic) bond motifs is 1. The molecule has 1 aliphatic heterocycles. The zero-order valence-corrected chi connectivity index (χ0v) is 7.65. The fourth-order valence-electron chi connectivity index (χ4n) is 1.51. The van der Waals surface area contributed by atoms with Gasteiger partial charge in [0.1, 0.15) is 0 Å². The molecule has 0 amide bonds. The van der Waals surface area contributed by atoms with Gasteiger partial charge in [-0.15, -0.1) is 0 Å². The van der Waals surface area contributed by atoms with Crippen molar-refractivity contribution >= 4 is 11.9 Å². The minimum atomic E-state index is -0.781. The van der Waals surface area contributed by atoms with E-state index in [0.717, 1.165) is 11.3 Å². The van der Waals surface area contributed by atoms with Crippen LogP contribution in [0, 0.1) is 0 Å². The normalized spacial score (nSPS) is 17.4. The molecule has 13 heavy (non-hydrogen) atoms. The lowest BCUT2D eigenvalue weighted by Crippen LogP contribution is -2.29. The average molecular weight is 177 g/mol. The van der Waals surface area contributed by atoms with Gasteiger partial charge in [0.2, 0.25) is 5.79 Å². The van der Waals surface area contributed by atoms with Crippen LogP contribution in [-0.2, 0) is 15.3 Å². The van der Waals surface area contributed by atoms with Crippen molar-refractivity contribution in [1.82, 2.24) is 0 Å². The minimum Gasteiger partial charge on any atom is -0.345 e. The molecule has 0 radical (unpaired) electrons. The highest BCUT2D eigenvalue weighted by molar-refractivity contribution is 5.81.